The van der Waals surface area contributed by atoms with Crippen LogP contribution in [0, 0.1) is 18.3 Å². The molecule has 106 valence electrons. The molecule has 1 atom stereocenters. The number of hydrogen-bond acceptors (Lipinski definition) is 3. The lowest BCUT2D eigenvalue weighted by molar-refractivity contribution is 0.270. The van der Waals surface area contributed by atoms with E-state index in [0.29, 0.717) is 6.04 Å². The Morgan fingerprint density at radius 3 is 2.53 bits per heavy atom. The summed E-state index contributed by atoms with van der Waals surface area (Å²) in [5.41, 5.74) is 3.11. The number of nitriles is 1. The first-order chi connectivity index (χ1) is 9.03. The summed E-state index contributed by atoms with van der Waals surface area (Å²) in [5, 5.41) is 12.6. The van der Waals surface area contributed by atoms with Crippen molar-refractivity contribution in [3.8, 4) is 6.07 Å². The Balaban J connectivity index is 2.55. The van der Waals surface area contributed by atoms with Crippen molar-refractivity contribution >= 4 is 0 Å². The van der Waals surface area contributed by atoms with Gasteiger partial charge in [0.1, 0.15) is 11.8 Å². The highest BCUT2D eigenvalue weighted by molar-refractivity contribution is 5.34. The normalized spacial score (nSPS) is 12.7. The van der Waals surface area contributed by atoms with Gasteiger partial charge in [-0.2, -0.15) is 5.26 Å². The van der Waals surface area contributed by atoms with Crippen LogP contribution in [0.5, 0.6) is 0 Å². The molecule has 0 bridgehead atoms. The topological polar surface area (TPSA) is 44.0 Å². The molecule has 0 fully saturated rings. The molecule has 0 amide bonds. The molecule has 1 aromatic heterocycles. The second kappa shape index (κ2) is 7.32. The van der Waals surface area contributed by atoms with Crippen LogP contribution in [-0.4, -0.2) is 35.1 Å². The average molecular weight is 262 g/mol. The summed E-state index contributed by atoms with van der Waals surface area (Å²) < 4.78 is 1.95. The molecule has 0 spiro atoms. The zero-order valence-electron chi connectivity index (χ0n) is 12.8. The smallest absolute Gasteiger partial charge is 0.120 e. The van der Waals surface area contributed by atoms with Crippen LogP contribution in [0.1, 0.15) is 37.7 Å². The summed E-state index contributed by atoms with van der Waals surface area (Å²) >= 11 is 0. The molecule has 0 aliphatic heterocycles. The van der Waals surface area contributed by atoms with Crippen molar-refractivity contribution in [2.75, 3.05) is 19.6 Å². The van der Waals surface area contributed by atoms with Crippen LogP contribution < -0.4 is 5.32 Å². The van der Waals surface area contributed by atoms with E-state index in [1.807, 2.05) is 17.7 Å². The van der Waals surface area contributed by atoms with Crippen molar-refractivity contribution in [2.24, 2.45) is 7.05 Å². The van der Waals surface area contributed by atoms with E-state index in [4.69, 9.17) is 5.26 Å². The summed E-state index contributed by atoms with van der Waals surface area (Å²) in [5.74, 6) is 0. The van der Waals surface area contributed by atoms with Gasteiger partial charge in [-0.15, -0.1) is 0 Å². The lowest BCUT2D eigenvalue weighted by atomic mass is 10.2. The van der Waals surface area contributed by atoms with Crippen molar-refractivity contribution < 1.29 is 0 Å². The van der Waals surface area contributed by atoms with Gasteiger partial charge in [0, 0.05) is 31.9 Å². The predicted molar refractivity (Wildman–Crippen MR) is 79.0 cm³/mol. The maximum absolute atomic E-state index is 9.02. The van der Waals surface area contributed by atoms with Crippen LogP contribution in [0.15, 0.2) is 6.07 Å². The average Bonchev–Trinajstić information content (AvgIpc) is 2.69. The monoisotopic (exact) mass is 262 g/mol. The fourth-order valence-electron chi connectivity index (χ4n) is 2.27. The van der Waals surface area contributed by atoms with Crippen LogP contribution in [0.4, 0.5) is 0 Å². The largest absolute Gasteiger partial charge is 0.340 e. The molecule has 1 heterocycles. The van der Waals surface area contributed by atoms with Crippen LogP contribution in [0.2, 0.25) is 0 Å². The van der Waals surface area contributed by atoms with Gasteiger partial charge in [-0.25, -0.2) is 0 Å². The van der Waals surface area contributed by atoms with Gasteiger partial charge in [-0.1, -0.05) is 13.8 Å². The van der Waals surface area contributed by atoms with Gasteiger partial charge in [0.25, 0.3) is 0 Å². The van der Waals surface area contributed by atoms with E-state index >= 15 is 0 Å². The van der Waals surface area contributed by atoms with Crippen molar-refractivity contribution in [2.45, 2.75) is 40.3 Å². The van der Waals surface area contributed by atoms with E-state index in [-0.39, 0.29) is 0 Å². The van der Waals surface area contributed by atoms with E-state index < -0.39 is 0 Å². The molecule has 0 aliphatic rings. The first-order valence-corrected chi connectivity index (χ1v) is 7.04. The predicted octanol–water partition coefficient (Wildman–Crippen LogP) is 2.03. The third-order valence-electron chi connectivity index (χ3n) is 3.82. The number of nitrogens with one attached hydrogen (secondary N) is 1. The molecule has 19 heavy (non-hydrogen) atoms. The minimum absolute atomic E-state index is 0.449. The lowest BCUT2D eigenvalue weighted by Gasteiger charge is -2.23. The summed E-state index contributed by atoms with van der Waals surface area (Å²) in [6, 6.07) is 4.65. The Hall–Kier alpha value is -1.31. The van der Waals surface area contributed by atoms with Crippen LogP contribution in [0.25, 0.3) is 0 Å². The zero-order valence-corrected chi connectivity index (χ0v) is 12.8. The Morgan fingerprint density at radius 2 is 2.05 bits per heavy atom. The molecule has 0 aliphatic carbocycles. The first kappa shape index (κ1) is 15.7. The Labute approximate surface area is 117 Å². The highest BCUT2D eigenvalue weighted by Crippen LogP contribution is 2.13. The third kappa shape index (κ3) is 4.09. The van der Waals surface area contributed by atoms with Gasteiger partial charge in [0.2, 0.25) is 0 Å². The van der Waals surface area contributed by atoms with E-state index in [9.17, 15) is 0 Å². The van der Waals surface area contributed by atoms with Crippen molar-refractivity contribution in [1.82, 2.24) is 14.8 Å². The highest BCUT2D eigenvalue weighted by Gasteiger charge is 2.11. The first-order valence-electron chi connectivity index (χ1n) is 7.04. The summed E-state index contributed by atoms with van der Waals surface area (Å²) in [6.45, 7) is 12.7. The zero-order chi connectivity index (χ0) is 14.4. The molecule has 0 saturated heterocycles. The van der Waals surface area contributed by atoms with E-state index in [1.54, 1.807) is 0 Å². The maximum atomic E-state index is 9.02. The summed E-state index contributed by atoms with van der Waals surface area (Å²) in [6.07, 6.45) is 0. The number of rotatable bonds is 7. The molecule has 0 radical (unpaired) electrons. The van der Waals surface area contributed by atoms with E-state index in [0.717, 1.165) is 31.9 Å². The quantitative estimate of drug-likeness (QED) is 0.817. The molecule has 1 unspecified atom stereocenters. The number of hydrogen-bond donors (Lipinski definition) is 1. The van der Waals surface area contributed by atoms with Gasteiger partial charge in [-0.05, 0) is 38.6 Å². The Bertz CT molecular complexity index is 438. The lowest BCUT2D eigenvalue weighted by Crippen LogP contribution is -2.38. The molecule has 1 rings (SSSR count). The summed E-state index contributed by atoms with van der Waals surface area (Å²) in [4.78, 5) is 2.41. The number of nitrogens with zero attached hydrogens (tertiary/aromatic N) is 3. The maximum Gasteiger partial charge on any atom is 0.120 e. The van der Waals surface area contributed by atoms with Crippen LogP contribution in [0.3, 0.4) is 0 Å². The van der Waals surface area contributed by atoms with Crippen molar-refractivity contribution in [1.29, 1.82) is 5.26 Å². The molecule has 1 N–H and O–H groups in total. The Morgan fingerprint density at radius 1 is 1.42 bits per heavy atom. The fraction of sp³-hybridized carbons (Fsp3) is 0.667. The molecule has 4 nitrogen and oxygen atoms in total. The fourth-order valence-corrected chi connectivity index (χ4v) is 2.27. The molecule has 0 aromatic carbocycles. The SMILES string of the molecule is CCN(CC)CC(C)NCc1cc(C#N)n(C)c1C. The van der Waals surface area contributed by atoms with Crippen LogP contribution in [-0.2, 0) is 13.6 Å². The second-order valence-corrected chi connectivity index (χ2v) is 5.08. The van der Waals surface area contributed by atoms with Gasteiger partial charge < -0.3 is 14.8 Å². The van der Waals surface area contributed by atoms with Gasteiger partial charge >= 0.3 is 0 Å². The van der Waals surface area contributed by atoms with Crippen LogP contribution >= 0.6 is 0 Å². The molecule has 1 aromatic rings. The van der Waals surface area contributed by atoms with Gasteiger partial charge in [0.15, 0.2) is 0 Å². The third-order valence-corrected chi connectivity index (χ3v) is 3.82. The summed E-state index contributed by atoms with van der Waals surface area (Å²) in [7, 11) is 1.94. The highest BCUT2D eigenvalue weighted by atomic mass is 15.1. The van der Waals surface area contributed by atoms with E-state index in [2.05, 4.69) is 44.0 Å². The standard InChI is InChI=1S/C15H26N4/c1-6-19(7-2)11-12(3)17-10-14-8-15(9-16)18(5)13(14)4/h8,12,17H,6-7,10-11H2,1-5H3. The number of aromatic nitrogens is 1. The molecule has 4 heteroatoms. The Kier molecular flexibility index (Phi) is 6.07. The second-order valence-electron chi connectivity index (χ2n) is 5.08. The molecular weight excluding hydrogens is 236 g/mol. The van der Waals surface area contributed by atoms with Crippen molar-refractivity contribution in [3.63, 3.8) is 0 Å². The minimum Gasteiger partial charge on any atom is -0.340 e. The van der Waals surface area contributed by atoms with Gasteiger partial charge in [-0.3, -0.25) is 0 Å². The molecular formula is C15H26N4. The number of likely N-dealkylation sites (N-methyl/N-ethyl adjacent to an activating group) is 1. The molecule has 0 saturated carbocycles. The van der Waals surface area contributed by atoms with Crippen molar-refractivity contribution in [3.05, 3.63) is 23.0 Å². The minimum atomic E-state index is 0.449. The van der Waals surface area contributed by atoms with Gasteiger partial charge in [0.05, 0.1) is 0 Å². The van der Waals surface area contributed by atoms with E-state index in [1.165, 1.54) is 11.3 Å².